The second-order valence-corrected chi connectivity index (χ2v) is 7.71. The van der Waals surface area contributed by atoms with Gasteiger partial charge in [-0.3, -0.25) is 4.99 Å². The second-order valence-electron chi connectivity index (χ2n) is 7.71. The predicted molar refractivity (Wildman–Crippen MR) is 124 cm³/mol. The first kappa shape index (κ1) is 21.2. The number of guanidine groups is 1. The van der Waals surface area contributed by atoms with E-state index in [0.717, 1.165) is 67.7 Å². The first-order valence-corrected chi connectivity index (χ1v) is 11.0. The number of nitrogens with zero attached hydrogens (tertiary/aromatic N) is 4. The third kappa shape index (κ3) is 5.58. The molecule has 4 rings (SSSR count). The summed E-state index contributed by atoms with van der Waals surface area (Å²) in [5, 5.41) is 6.66. The number of benzene rings is 1. The number of pyridine rings is 1. The molecule has 2 aliphatic heterocycles. The first-order chi connectivity index (χ1) is 15.2. The van der Waals surface area contributed by atoms with Gasteiger partial charge in [-0.15, -0.1) is 0 Å². The zero-order valence-corrected chi connectivity index (χ0v) is 18.4. The summed E-state index contributed by atoms with van der Waals surface area (Å²) in [4.78, 5) is 13.8. The molecular formula is C23H32N6O2. The van der Waals surface area contributed by atoms with Crippen molar-refractivity contribution < 1.29 is 9.47 Å². The highest BCUT2D eigenvalue weighted by atomic mass is 16.5. The Hall–Kier alpha value is -3.00. The van der Waals surface area contributed by atoms with Crippen molar-refractivity contribution in [2.24, 2.45) is 4.99 Å². The number of ether oxygens (including phenoxy) is 2. The number of hydrogen-bond acceptors (Lipinski definition) is 6. The maximum atomic E-state index is 5.77. The van der Waals surface area contributed by atoms with Gasteiger partial charge in [0, 0.05) is 64.1 Å². The molecule has 1 aromatic carbocycles. The van der Waals surface area contributed by atoms with Crippen molar-refractivity contribution in [3.05, 3.63) is 42.1 Å². The number of piperazine rings is 1. The molecule has 1 fully saturated rings. The van der Waals surface area contributed by atoms with Gasteiger partial charge >= 0.3 is 0 Å². The summed E-state index contributed by atoms with van der Waals surface area (Å²) in [5.74, 6) is 3.29. The Labute approximate surface area is 184 Å². The predicted octanol–water partition coefficient (Wildman–Crippen LogP) is 2.57. The summed E-state index contributed by atoms with van der Waals surface area (Å²) in [6, 6.07) is 10.1. The number of fused-ring (bicyclic) bond motifs is 1. The van der Waals surface area contributed by atoms with E-state index in [9.17, 15) is 0 Å². The van der Waals surface area contributed by atoms with Crippen molar-refractivity contribution in [3.8, 4) is 11.5 Å². The molecule has 2 aromatic rings. The molecule has 0 bridgehead atoms. The lowest BCUT2D eigenvalue weighted by Crippen LogP contribution is -2.46. The molecule has 0 spiro atoms. The van der Waals surface area contributed by atoms with E-state index in [2.05, 4.69) is 49.5 Å². The van der Waals surface area contributed by atoms with E-state index < -0.39 is 0 Å². The summed E-state index contributed by atoms with van der Waals surface area (Å²) in [6.45, 7) is 9.59. The lowest BCUT2D eigenvalue weighted by Gasteiger charge is -2.34. The second kappa shape index (κ2) is 10.3. The Morgan fingerprint density at radius 3 is 2.58 bits per heavy atom. The fourth-order valence-corrected chi connectivity index (χ4v) is 3.74. The van der Waals surface area contributed by atoms with E-state index in [1.165, 1.54) is 0 Å². The lowest BCUT2D eigenvalue weighted by atomic mass is 10.2. The molecule has 0 amide bonds. The molecule has 1 saturated heterocycles. The average molecular weight is 425 g/mol. The smallest absolute Gasteiger partial charge is 0.195 e. The molecule has 0 saturated carbocycles. The lowest BCUT2D eigenvalue weighted by molar-refractivity contribution is 0.270. The molecular weight excluding hydrogens is 392 g/mol. The molecule has 166 valence electrons. The van der Waals surface area contributed by atoms with Gasteiger partial charge in [0.05, 0.1) is 13.2 Å². The minimum Gasteiger partial charge on any atom is -0.490 e. The van der Waals surface area contributed by atoms with Crippen molar-refractivity contribution in [2.45, 2.75) is 19.9 Å². The standard InChI is InChI=1S/C23H32N6O2/c1-3-28-9-11-29(12-10-28)22-8-5-18(16-25-22)17-26-23(24-2)27-19-6-7-20-21(15-19)31-14-4-13-30-20/h5-8,15-16H,3-4,9-14,17H2,1-2H3,(H2,24,26,27). The van der Waals surface area contributed by atoms with Gasteiger partial charge in [-0.25, -0.2) is 4.98 Å². The van der Waals surface area contributed by atoms with Crippen molar-refractivity contribution in [3.63, 3.8) is 0 Å². The molecule has 3 heterocycles. The van der Waals surface area contributed by atoms with Crippen LogP contribution in [0.3, 0.4) is 0 Å². The van der Waals surface area contributed by atoms with Crippen LogP contribution in [0.2, 0.25) is 0 Å². The van der Waals surface area contributed by atoms with Gasteiger partial charge < -0.3 is 29.9 Å². The first-order valence-electron chi connectivity index (χ1n) is 11.0. The summed E-state index contributed by atoms with van der Waals surface area (Å²) in [7, 11) is 1.76. The van der Waals surface area contributed by atoms with Gasteiger partial charge in [-0.1, -0.05) is 13.0 Å². The molecule has 0 unspecified atom stereocenters. The minimum absolute atomic E-state index is 0.640. The van der Waals surface area contributed by atoms with Gasteiger partial charge in [0.15, 0.2) is 17.5 Å². The van der Waals surface area contributed by atoms with Crippen LogP contribution in [0.4, 0.5) is 11.5 Å². The Morgan fingerprint density at radius 2 is 1.87 bits per heavy atom. The number of anilines is 2. The van der Waals surface area contributed by atoms with Crippen molar-refractivity contribution in [1.29, 1.82) is 0 Å². The highest BCUT2D eigenvalue weighted by Gasteiger charge is 2.16. The number of rotatable bonds is 5. The molecule has 0 atom stereocenters. The minimum atomic E-state index is 0.640. The maximum absolute atomic E-state index is 5.77. The fraction of sp³-hybridized carbons (Fsp3) is 0.478. The van der Waals surface area contributed by atoms with E-state index >= 15 is 0 Å². The van der Waals surface area contributed by atoms with Crippen molar-refractivity contribution >= 4 is 17.5 Å². The van der Waals surface area contributed by atoms with Crippen LogP contribution in [-0.4, -0.2) is 68.8 Å². The topological polar surface area (TPSA) is 74.2 Å². The van der Waals surface area contributed by atoms with E-state index in [0.29, 0.717) is 25.7 Å². The van der Waals surface area contributed by atoms with Crippen LogP contribution in [0.25, 0.3) is 0 Å². The van der Waals surface area contributed by atoms with Crippen molar-refractivity contribution in [2.75, 3.05) is 63.2 Å². The van der Waals surface area contributed by atoms with E-state index in [1.54, 1.807) is 7.05 Å². The van der Waals surface area contributed by atoms with Gasteiger partial charge in [0.2, 0.25) is 0 Å². The third-order valence-electron chi connectivity index (χ3n) is 5.65. The summed E-state index contributed by atoms with van der Waals surface area (Å²) in [5.41, 5.74) is 2.01. The van der Waals surface area contributed by atoms with Crippen molar-refractivity contribution in [1.82, 2.24) is 15.2 Å². The van der Waals surface area contributed by atoms with E-state index in [1.807, 2.05) is 24.4 Å². The molecule has 1 aromatic heterocycles. The fourth-order valence-electron chi connectivity index (χ4n) is 3.74. The molecule has 0 radical (unpaired) electrons. The van der Waals surface area contributed by atoms with Gasteiger partial charge in [0.25, 0.3) is 0 Å². The normalized spacial score (nSPS) is 17.2. The molecule has 2 N–H and O–H groups in total. The van der Waals surface area contributed by atoms with Crippen LogP contribution in [0.5, 0.6) is 11.5 Å². The number of nitrogens with one attached hydrogen (secondary N) is 2. The molecule has 8 heteroatoms. The molecule has 8 nitrogen and oxygen atoms in total. The average Bonchev–Trinajstić information content (AvgIpc) is 3.07. The number of aromatic nitrogens is 1. The molecule has 2 aliphatic rings. The highest BCUT2D eigenvalue weighted by Crippen LogP contribution is 2.32. The largest absolute Gasteiger partial charge is 0.490 e. The van der Waals surface area contributed by atoms with E-state index in [4.69, 9.17) is 9.47 Å². The molecule has 31 heavy (non-hydrogen) atoms. The highest BCUT2D eigenvalue weighted by molar-refractivity contribution is 5.93. The number of aliphatic imine (C=N–C) groups is 1. The zero-order chi connectivity index (χ0) is 21.5. The van der Waals surface area contributed by atoms with Crippen LogP contribution in [-0.2, 0) is 6.54 Å². The zero-order valence-electron chi connectivity index (χ0n) is 18.4. The Balaban J connectivity index is 1.30. The van der Waals surface area contributed by atoms with E-state index in [-0.39, 0.29) is 0 Å². The number of hydrogen-bond donors (Lipinski definition) is 2. The quantitative estimate of drug-likeness (QED) is 0.564. The van der Waals surface area contributed by atoms with Gasteiger partial charge in [-0.2, -0.15) is 0 Å². The Bertz CT molecular complexity index is 878. The van der Waals surface area contributed by atoms with Crippen LogP contribution in [0.1, 0.15) is 18.9 Å². The van der Waals surface area contributed by atoms with Crippen LogP contribution in [0, 0.1) is 0 Å². The van der Waals surface area contributed by atoms with Crippen LogP contribution >= 0.6 is 0 Å². The van der Waals surface area contributed by atoms with Gasteiger partial charge in [-0.05, 0) is 30.3 Å². The Morgan fingerprint density at radius 1 is 1.06 bits per heavy atom. The monoisotopic (exact) mass is 424 g/mol. The van der Waals surface area contributed by atoms with Crippen LogP contribution in [0.15, 0.2) is 41.5 Å². The number of likely N-dealkylation sites (N-methyl/N-ethyl adjacent to an activating group) is 1. The summed E-state index contributed by atoms with van der Waals surface area (Å²) < 4.78 is 11.5. The third-order valence-corrected chi connectivity index (χ3v) is 5.65. The molecule has 0 aliphatic carbocycles. The summed E-state index contributed by atoms with van der Waals surface area (Å²) >= 11 is 0. The van der Waals surface area contributed by atoms with Gasteiger partial charge in [0.1, 0.15) is 5.82 Å². The SMILES string of the molecule is CCN1CCN(c2ccc(CNC(=NC)Nc3ccc4c(c3)OCCCO4)cn2)CC1. The van der Waals surface area contributed by atoms with Crippen LogP contribution < -0.4 is 25.0 Å². The Kier molecular flexibility index (Phi) is 7.09. The summed E-state index contributed by atoms with van der Waals surface area (Å²) in [6.07, 6.45) is 2.83. The maximum Gasteiger partial charge on any atom is 0.195 e.